The number of pyridine rings is 1. The van der Waals surface area contributed by atoms with E-state index < -0.39 is 0 Å². The van der Waals surface area contributed by atoms with E-state index in [9.17, 15) is 4.79 Å². The number of nitrogens with one attached hydrogen (secondary N) is 1. The Morgan fingerprint density at radius 3 is 3.18 bits per heavy atom. The van der Waals surface area contributed by atoms with Crippen LogP contribution in [0.1, 0.15) is 23.2 Å². The SMILES string of the molecule is Nc1cnc(Cl)cc1C(=O)NC1CCCSC1. The van der Waals surface area contributed by atoms with Crippen LogP contribution < -0.4 is 11.1 Å². The van der Waals surface area contributed by atoms with Gasteiger partial charge in [0.25, 0.3) is 5.91 Å². The first-order chi connectivity index (χ1) is 8.16. The lowest BCUT2D eigenvalue weighted by molar-refractivity contribution is 0.0939. The molecule has 2 rings (SSSR count). The number of rotatable bonds is 2. The maximum absolute atomic E-state index is 12.0. The summed E-state index contributed by atoms with van der Waals surface area (Å²) in [5.41, 5.74) is 6.47. The van der Waals surface area contributed by atoms with Crippen molar-refractivity contribution in [2.24, 2.45) is 0 Å². The van der Waals surface area contributed by atoms with Crippen molar-refractivity contribution in [3.63, 3.8) is 0 Å². The number of anilines is 1. The number of nitrogens with zero attached hydrogens (tertiary/aromatic N) is 1. The molecule has 0 spiro atoms. The fraction of sp³-hybridized carbons (Fsp3) is 0.455. The first-order valence-corrected chi connectivity index (χ1v) is 6.99. The fourth-order valence-electron chi connectivity index (χ4n) is 1.75. The highest BCUT2D eigenvalue weighted by Gasteiger charge is 2.18. The third kappa shape index (κ3) is 3.26. The molecule has 0 aliphatic carbocycles. The van der Waals surface area contributed by atoms with E-state index in [4.69, 9.17) is 17.3 Å². The average Bonchev–Trinajstić information content (AvgIpc) is 2.33. The summed E-state index contributed by atoms with van der Waals surface area (Å²) in [5, 5.41) is 3.26. The van der Waals surface area contributed by atoms with Crippen LogP contribution in [0.2, 0.25) is 5.15 Å². The summed E-state index contributed by atoms with van der Waals surface area (Å²) in [6.07, 6.45) is 3.58. The van der Waals surface area contributed by atoms with E-state index in [-0.39, 0.29) is 17.1 Å². The van der Waals surface area contributed by atoms with Crippen molar-refractivity contribution in [1.82, 2.24) is 10.3 Å². The van der Waals surface area contributed by atoms with Gasteiger partial charge in [-0.25, -0.2) is 4.98 Å². The summed E-state index contributed by atoms with van der Waals surface area (Å²) < 4.78 is 0. The number of thioether (sulfide) groups is 1. The molecule has 92 valence electrons. The second-order valence-corrected chi connectivity index (χ2v) is 5.52. The molecule has 1 atom stereocenters. The Morgan fingerprint density at radius 1 is 1.65 bits per heavy atom. The van der Waals surface area contributed by atoms with Gasteiger partial charge in [-0.3, -0.25) is 4.79 Å². The predicted molar refractivity (Wildman–Crippen MR) is 71.5 cm³/mol. The third-order valence-corrected chi connectivity index (χ3v) is 4.06. The molecule has 1 aromatic heterocycles. The van der Waals surface area contributed by atoms with Gasteiger partial charge in [-0.05, 0) is 24.7 Å². The normalized spacial score (nSPS) is 19.9. The molecular weight excluding hydrogens is 258 g/mol. The Bertz CT molecular complexity index is 421. The molecule has 3 N–H and O–H groups in total. The molecular formula is C11H14ClN3OS. The van der Waals surface area contributed by atoms with Crippen LogP contribution in [-0.2, 0) is 0 Å². The molecule has 0 aromatic carbocycles. The highest BCUT2D eigenvalue weighted by atomic mass is 35.5. The van der Waals surface area contributed by atoms with Crippen LogP contribution in [0.5, 0.6) is 0 Å². The lowest BCUT2D eigenvalue weighted by Gasteiger charge is -2.22. The van der Waals surface area contributed by atoms with E-state index in [1.54, 1.807) is 0 Å². The molecule has 0 bridgehead atoms. The van der Waals surface area contributed by atoms with E-state index in [0.717, 1.165) is 18.6 Å². The quantitative estimate of drug-likeness (QED) is 0.807. The second-order valence-electron chi connectivity index (χ2n) is 3.98. The predicted octanol–water partition coefficient (Wildman–Crippen LogP) is 1.94. The number of aromatic nitrogens is 1. The van der Waals surface area contributed by atoms with Crippen molar-refractivity contribution in [3.8, 4) is 0 Å². The number of carbonyl (C=O) groups excluding carboxylic acids is 1. The van der Waals surface area contributed by atoms with Gasteiger partial charge in [0.05, 0.1) is 17.4 Å². The molecule has 2 heterocycles. The number of hydrogen-bond acceptors (Lipinski definition) is 4. The molecule has 1 aliphatic rings. The maximum Gasteiger partial charge on any atom is 0.253 e. The second kappa shape index (κ2) is 5.60. The molecule has 1 amide bonds. The lowest BCUT2D eigenvalue weighted by atomic mass is 10.1. The molecule has 0 radical (unpaired) electrons. The minimum Gasteiger partial charge on any atom is -0.397 e. The molecule has 1 saturated heterocycles. The molecule has 4 nitrogen and oxygen atoms in total. The van der Waals surface area contributed by atoms with E-state index in [2.05, 4.69) is 10.3 Å². The zero-order valence-corrected chi connectivity index (χ0v) is 10.9. The Balaban J connectivity index is 2.05. The largest absolute Gasteiger partial charge is 0.397 e. The molecule has 17 heavy (non-hydrogen) atoms. The van der Waals surface area contributed by atoms with Gasteiger partial charge in [-0.2, -0.15) is 11.8 Å². The van der Waals surface area contributed by atoms with Gasteiger partial charge in [0.1, 0.15) is 5.15 Å². The van der Waals surface area contributed by atoms with E-state index >= 15 is 0 Å². The van der Waals surface area contributed by atoms with Crippen LogP contribution in [0.25, 0.3) is 0 Å². The Kier molecular flexibility index (Phi) is 4.12. The van der Waals surface area contributed by atoms with Crippen molar-refractivity contribution in [1.29, 1.82) is 0 Å². The first-order valence-electron chi connectivity index (χ1n) is 5.46. The van der Waals surface area contributed by atoms with Crippen molar-refractivity contribution in [2.45, 2.75) is 18.9 Å². The molecule has 1 aliphatic heterocycles. The maximum atomic E-state index is 12.0. The van der Waals surface area contributed by atoms with E-state index in [1.165, 1.54) is 18.0 Å². The smallest absolute Gasteiger partial charge is 0.253 e. The minimum absolute atomic E-state index is 0.167. The van der Waals surface area contributed by atoms with Crippen molar-refractivity contribution < 1.29 is 4.79 Å². The average molecular weight is 272 g/mol. The number of hydrogen-bond donors (Lipinski definition) is 2. The van der Waals surface area contributed by atoms with Gasteiger partial charge in [-0.1, -0.05) is 11.6 Å². The number of halogens is 1. The summed E-state index contributed by atoms with van der Waals surface area (Å²) in [5.74, 6) is 1.97. The highest BCUT2D eigenvalue weighted by Crippen LogP contribution is 2.19. The van der Waals surface area contributed by atoms with Crippen LogP contribution in [0.4, 0.5) is 5.69 Å². The molecule has 1 fully saturated rings. The standard InChI is InChI=1S/C11H14ClN3OS/c12-10-4-8(9(13)5-14-10)11(16)15-7-2-1-3-17-6-7/h4-5,7H,1-3,6,13H2,(H,15,16). The summed E-state index contributed by atoms with van der Waals surface area (Å²) in [6, 6.07) is 1.73. The van der Waals surface area contributed by atoms with E-state index in [1.807, 2.05) is 11.8 Å². The summed E-state index contributed by atoms with van der Waals surface area (Å²) in [7, 11) is 0. The van der Waals surface area contributed by atoms with Crippen LogP contribution >= 0.6 is 23.4 Å². The Morgan fingerprint density at radius 2 is 2.47 bits per heavy atom. The lowest BCUT2D eigenvalue weighted by Crippen LogP contribution is -2.38. The molecule has 0 saturated carbocycles. The Hall–Kier alpha value is -0.940. The van der Waals surface area contributed by atoms with Gasteiger partial charge >= 0.3 is 0 Å². The van der Waals surface area contributed by atoms with Crippen LogP contribution in [0, 0.1) is 0 Å². The third-order valence-electron chi connectivity index (χ3n) is 2.64. The Labute approximate surface area is 109 Å². The van der Waals surface area contributed by atoms with Crippen molar-refractivity contribution in [2.75, 3.05) is 17.2 Å². The monoisotopic (exact) mass is 271 g/mol. The first kappa shape index (κ1) is 12.5. The highest BCUT2D eigenvalue weighted by molar-refractivity contribution is 7.99. The molecule has 6 heteroatoms. The van der Waals surface area contributed by atoms with Crippen LogP contribution in [-0.4, -0.2) is 28.4 Å². The van der Waals surface area contributed by atoms with Gasteiger partial charge in [0, 0.05) is 11.8 Å². The number of carbonyl (C=O) groups is 1. The van der Waals surface area contributed by atoms with Gasteiger partial charge in [0.2, 0.25) is 0 Å². The number of nitrogens with two attached hydrogens (primary N) is 1. The van der Waals surface area contributed by atoms with Crippen molar-refractivity contribution >= 4 is 35.0 Å². The molecule has 1 aromatic rings. The molecule has 1 unspecified atom stereocenters. The minimum atomic E-state index is -0.167. The van der Waals surface area contributed by atoms with E-state index in [0.29, 0.717) is 11.3 Å². The van der Waals surface area contributed by atoms with Crippen LogP contribution in [0.3, 0.4) is 0 Å². The van der Waals surface area contributed by atoms with Gasteiger partial charge < -0.3 is 11.1 Å². The number of amides is 1. The zero-order valence-electron chi connectivity index (χ0n) is 9.28. The van der Waals surface area contributed by atoms with Crippen molar-refractivity contribution in [3.05, 3.63) is 23.0 Å². The summed E-state index contributed by atoms with van der Waals surface area (Å²) in [6.45, 7) is 0. The van der Waals surface area contributed by atoms with Gasteiger partial charge in [0.15, 0.2) is 0 Å². The summed E-state index contributed by atoms with van der Waals surface area (Å²) in [4.78, 5) is 15.8. The topological polar surface area (TPSA) is 68.0 Å². The summed E-state index contributed by atoms with van der Waals surface area (Å²) >= 11 is 7.62. The number of nitrogen functional groups attached to an aromatic ring is 1. The zero-order chi connectivity index (χ0) is 12.3. The van der Waals surface area contributed by atoms with Crippen LogP contribution in [0.15, 0.2) is 12.3 Å². The van der Waals surface area contributed by atoms with Gasteiger partial charge in [-0.15, -0.1) is 0 Å². The fourth-order valence-corrected chi connectivity index (χ4v) is 2.98.